The monoisotopic (exact) mass is 246 g/mol. The van der Waals surface area contributed by atoms with Gasteiger partial charge in [0.25, 0.3) is 0 Å². The van der Waals surface area contributed by atoms with E-state index in [4.69, 9.17) is 5.73 Å². The Balaban J connectivity index is 2.07. The molecule has 0 saturated carbocycles. The minimum Gasteiger partial charge on any atom is -0.397 e. The molecule has 2 aromatic rings. The fourth-order valence-electron chi connectivity index (χ4n) is 1.86. The highest BCUT2D eigenvalue weighted by Gasteiger charge is 2.03. The zero-order chi connectivity index (χ0) is 12.3. The van der Waals surface area contributed by atoms with Crippen molar-refractivity contribution in [2.24, 2.45) is 0 Å². The van der Waals surface area contributed by atoms with Crippen LogP contribution in [0.25, 0.3) is 0 Å². The Bertz CT molecular complexity index is 503. The highest BCUT2D eigenvalue weighted by Crippen LogP contribution is 2.23. The molecule has 0 aliphatic rings. The van der Waals surface area contributed by atoms with Crippen molar-refractivity contribution >= 4 is 22.7 Å². The van der Waals surface area contributed by atoms with Crippen LogP contribution >= 0.6 is 11.3 Å². The van der Waals surface area contributed by atoms with Crippen molar-refractivity contribution < 1.29 is 0 Å². The van der Waals surface area contributed by atoms with Gasteiger partial charge < -0.3 is 11.1 Å². The van der Waals surface area contributed by atoms with Gasteiger partial charge in [-0.25, -0.2) is 0 Å². The highest BCUT2D eigenvalue weighted by molar-refractivity contribution is 7.10. The maximum absolute atomic E-state index is 5.97. The molecule has 90 valence electrons. The molecule has 0 aliphatic carbocycles. The van der Waals surface area contributed by atoms with Gasteiger partial charge in [0, 0.05) is 11.4 Å². The fourth-order valence-corrected chi connectivity index (χ4v) is 2.77. The van der Waals surface area contributed by atoms with Crippen LogP contribution in [-0.4, -0.2) is 0 Å². The third-order valence-corrected chi connectivity index (χ3v) is 3.83. The van der Waals surface area contributed by atoms with Crippen LogP contribution in [0.15, 0.2) is 29.6 Å². The Hall–Kier alpha value is -1.48. The van der Waals surface area contributed by atoms with Gasteiger partial charge in [0.15, 0.2) is 0 Å². The summed E-state index contributed by atoms with van der Waals surface area (Å²) in [7, 11) is 0. The molecule has 3 N–H and O–H groups in total. The first kappa shape index (κ1) is 12.0. The van der Waals surface area contributed by atoms with E-state index in [1.54, 1.807) is 11.3 Å². The molecule has 2 nitrogen and oxygen atoms in total. The molecule has 0 spiro atoms. The molecule has 0 unspecified atom stereocenters. The Labute approximate surface area is 106 Å². The standard InChI is InChI=1S/C14H18N2S/c1-3-11-6-7-17-14(11)9-16-13-5-4-10(2)8-12(13)15/h4-8,16H,3,9,15H2,1-2H3. The van der Waals surface area contributed by atoms with Crippen LogP contribution < -0.4 is 11.1 Å². The summed E-state index contributed by atoms with van der Waals surface area (Å²) in [6, 6.07) is 8.31. The van der Waals surface area contributed by atoms with Crippen LogP contribution in [0.5, 0.6) is 0 Å². The SMILES string of the molecule is CCc1ccsc1CNc1ccc(C)cc1N. The summed E-state index contributed by atoms with van der Waals surface area (Å²) in [5.74, 6) is 0. The number of aryl methyl sites for hydroxylation is 2. The molecule has 0 saturated heterocycles. The van der Waals surface area contributed by atoms with Gasteiger partial charge in [0.1, 0.15) is 0 Å². The number of nitrogens with one attached hydrogen (secondary N) is 1. The molecular weight excluding hydrogens is 228 g/mol. The number of rotatable bonds is 4. The number of hydrogen-bond acceptors (Lipinski definition) is 3. The van der Waals surface area contributed by atoms with E-state index in [-0.39, 0.29) is 0 Å². The van der Waals surface area contributed by atoms with E-state index in [2.05, 4.69) is 36.7 Å². The van der Waals surface area contributed by atoms with Crippen LogP contribution in [0.2, 0.25) is 0 Å². The van der Waals surface area contributed by atoms with Gasteiger partial charge >= 0.3 is 0 Å². The zero-order valence-electron chi connectivity index (χ0n) is 10.3. The lowest BCUT2D eigenvalue weighted by molar-refractivity contribution is 1.08. The predicted molar refractivity (Wildman–Crippen MR) is 76.6 cm³/mol. The molecule has 1 aromatic carbocycles. The first-order chi connectivity index (χ1) is 8.20. The van der Waals surface area contributed by atoms with Crippen LogP contribution in [0, 0.1) is 6.92 Å². The third kappa shape index (κ3) is 2.80. The topological polar surface area (TPSA) is 38.0 Å². The summed E-state index contributed by atoms with van der Waals surface area (Å²) in [6.45, 7) is 5.09. The second-order valence-corrected chi connectivity index (χ2v) is 5.17. The van der Waals surface area contributed by atoms with Crippen molar-refractivity contribution in [1.82, 2.24) is 0 Å². The molecule has 0 radical (unpaired) electrons. The molecule has 2 rings (SSSR count). The molecule has 0 aliphatic heterocycles. The minimum absolute atomic E-state index is 0.819. The van der Waals surface area contributed by atoms with Crippen molar-refractivity contribution in [3.63, 3.8) is 0 Å². The minimum atomic E-state index is 0.819. The van der Waals surface area contributed by atoms with E-state index in [1.165, 1.54) is 16.0 Å². The third-order valence-electron chi connectivity index (χ3n) is 2.87. The maximum atomic E-state index is 5.97. The van der Waals surface area contributed by atoms with E-state index < -0.39 is 0 Å². The molecule has 0 amide bonds. The Morgan fingerprint density at radius 1 is 1.29 bits per heavy atom. The number of benzene rings is 1. The lowest BCUT2D eigenvalue weighted by atomic mass is 10.2. The average Bonchev–Trinajstić information content (AvgIpc) is 2.75. The number of nitrogens with two attached hydrogens (primary N) is 1. The maximum Gasteiger partial charge on any atom is 0.0577 e. The number of nitrogen functional groups attached to an aromatic ring is 1. The van der Waals surface area contributed by atoms with Crippen LogP contribution in [0.3, 0.4) is 0 Å². The Morgan fingerprint density at radius 3 is 2.82 bits per heavy atom. The van der Waals surface area contributed by atoms with Crippen LogP contribution in [0.4, 0.5) is 11.4 Å². The smallest absolute Gasteiger partial charge is 0.0577 e. The molecule has 0 fully saturated rings. The van der Waals surface area contributed by atoms with Crippen molar-refractivity contribution in [1.29, 1.82) is 0 Å². The van der Waals surface area contributed by atoms with E-state index in [9.17, 15) is 0 Å². The van der Waals surface area contributed by atoms with Gasteiger partial charge in [-0.15, -0.1) is 11.3 Å². The average molecular weight is 246 g/mol. The summed E-state index contributed by atoms with van der Waals surface area (Å²) < 4.78 is 0. The normalized spacial score (nSPS) is 10.5. The fraction of sp³-hybridized carbons (Fsp3) is 0.286. The van der Waals surface area contributed by atoms with E-state index in [0.717, 1.165) is 24.3 Å². The summed E-state index contributed by atoms with van der Waals surface area (Å²) in [6.07, 6.45) is 1.09. The number of thiophene rings is 1. The van der Waals surface area contributed by atoms with Gasteiger partial charge in [0.2, 0.25) is 0 Å². The quantitative estimate of drug-likeness (QED) is 0.805. The second kappa shape index (κ2) is 5.23. The molecule has 1 heterocycles. The summed E-state index contributed by atoms with van der Waals surface area (Å²) in [5.41, 5.74) is 10.4. The lowest BCUT2D eigenvalue weighted by Crippen LogP contribution is -2.02. The molecule has 0 atom stereocenters. The molecule has 1 aromatic heterocycles. The van der Waals surface area contributed by atoms with Gasteiger partial charge in [-0.1, -0.05) is 13.0 Å². The first-order valence-electron chi connectivity index (χ1n) is 5.86. The summed E-state index contributed by atoms with van der Waals surface area (Å²) in [5, 5.41) is 5.55. The van der Waals surface area contributed by atoms with Crippen LogP contribution in [0.1, 0.15) is 22.9 Å². The second-order valence-electron chi connectivity index (χ2n) is 4.17. The van der Waals surface area contributed by atoms with Gasteiger partial charge in [-0.05, 0) is 48.1 Å². The van der Waals surface area contributed by atoms with Gasteiger partial charge in [0.05, 0.1) is 11.4 Å². The first-order valence-corrected chi connectivity index (χ1v) is 6.74. The van der Waals surface area contributed by atoms with Crippen molar-refractivity contribution in [2.45, 2.75) is 26.8 Å². The summed E-state index contributed by atoms with van der Waals surface area (Å²) in [4.78, 5) is 1.40. The zero-order valence-corrected chi connectivity index (χ0v) is 11.1. The van der Waals surface area contributed by atoms with Gasteiger partial charge in [-0.3, -0.25) is 0 Å². The highest BCUT2D eigenvalue weighted by atomic mass is 32.1. The molecule has 17 heavy (non-hydrogen) atoms. The Kier molecular flexibility index (Phi) is 3.69. The van der Waals surface area contributed by atoms with Crippen molar-refractivity contribution in [3.8, 4) is 0 Å². The van der Waals surface area contributed by atoms with Crippen molar-refractivity contribution in [3.05, 3.63) is 45.6 Å². The van der Waals surface area contributed by atoms with Crippen LogP contribution in [-0.2, 0) is 13.0 Å². The van der Waals surface area contributed by atoms with E-state index in [0.29, 0.717) is 0 Å². The van der Waals surface area contributed by atoms with E-state index >= 15 is 0 Å². The lowest BCUT2D eigenvalue weighted by Gasteiger charge is -2.10. The van der Waals surface area contributed by atoms with Gasteiger partial charge in [-0.2, -0.15) is 0 Å². The largest absolute Gasteiger partial charge is 0.397 e. The Morgan fingerprint density at radius 2 is 2.12 bits per heavy atom. The number of hydrogen-bond donors (Lipinski definition) is 2. The summed E-state index contributed by atoms with van der Waals surface area (Å²) >= 11 is 1.80. The van der Waals surface area contributed by atoms with Crippen molar-refractivity contribution in [2.75, 3.05) is 11.1 Å². The molecule has 0 bridgehead atoms. The molecular formula is C14H18N2S. The van der Waals surface area contributed by atoms with E-state index in [1.807, 2.05) is 12.1 Å². The predicted octanol–water partition coefficient (Wildman–Crippen LogP) is 3.81. The number of anilines is 2. The molecule has 3 heteroatoms.